The van der Waals surface area contributed by atoms with Crippen molar-refractivity contribution in [2.24, 2.45) is 0 Å². The number of esters is 1. The Bertz CT molecular complexity index is 784. The molecule has 0 fully saturated rings. The molecule has 0 aromatic heterocycles. The van der Waals surface area contributed by atoms with E-state index in [9.17, 15) is 22.8 Å². The molecule has 7 heteroatoms. The second-order valence-corrected chi connectivity index (χ2v) is 6.13. The molecule has 4 nitrogen and oxygen atoms in total. The van der Waals surface area contributed by atoms with Gasteiger partial charge in [0.25, 0.3) is 5.91 Å². The molecule has 0 spiro atoms. The SMILES string of the molecule is CC[C@H](C)c1ccc(NC(=O)COC(=O)c2ccc(C(F)(F)F)cc2)cc1. The average Bonchev–Trinajstić information content (AvgIpc) is 2.65. The molecular formula is C20H20F3NO3. The first-order valence-corrected chi connectivity index (χ1v) is 8.45. The number of carbonyl (C=O) groups excluding carboxylic acids is 2. The molecule has 0 heterocycles. The summed E-state index contributed by atoms with van der Waals surface area (Å²) in [6.45, 7) is 3.66. The summed E-state index contributed by atoms with van der Waals surface area (Å²) in [6.07, 6.45) is -3.47. The molecule has 2 aromatic rings. The minimum absolute atomic E-state index is 0.0614. The molecule has 0 bridgehead atoms. The monoisotopic (exact) mass is 379 g/mol. The first-order valence-electron chi connectivity index (χ1n) is 8.45. The number of amides is 1. The summed E-state index contributed by atoms with van der Waals surface area (Å²) in [4.78, 5) is 23.7. The molecule has 1 atom stereocenters. The number of rotatable bonds is 6. The van der Waals surface area contributed by atoms with E-state index >= 15 is 0 Å². The average molecular weight is 379 g/mol. The van der Waals surface area contributed by atoms with Crippen LogP contribution in [0.5, 0.6) is 0 Å². The van der Waals surface area contributed by atoms with Gasteiger partial charge in [0.1, 0.15) is 0 Å². The Morgan fingerprint density at radius 1 is 1.04 bits per heavy atom. The van der Waals surface area contributed by atoms with E-state index in [1.807, 2.05) is 12.1 Å². The van der Waals surface area contributed by atoms with Crippen molar-refractivity contribution in [3.05, 3.63) is 65.2 Å². The van der Waals surface area contributed by atoms with Crippen LogP contribution >= 0.6 is 0 Å². The normalized spacial score (nSPS) is 12.3. The number of ether oxygens (including phenoxy) is 1. The maximum absolute atomic E-state index is 12.5. The Kier molecular flexibility index (Phi) is 6.60. The molecule has 0 aliphatic rings. The third kappa shape index (κ3) is 5.84. The van der Waals surface area contributed by atoms with Crippen LogP contribution in [-0.4, -0.2) is 18.5 Å². The lowest BCUT2D eigenvalue weighted by atomic mass is 9.99. The first kappa shape index (κ1) is 20.5. The summed E-state index contributed by atoms with van der Waals surface area (Å²) in [6, 6.07) is 10.9. The van der Waals surface area contributed by atoms with Gasteiger partial charge in [-0.15, -0.1) is 0 Å². The van der Waals surface area contributed by atoms with Crippen LogP contribution in [0.25, 0.3) is 0 Å². The predicted octanol–water partition coefficient (Wildman–Crippen LogP) is 5.01. The van der Waals surface area contributed by atoms with Gasteiger partial charge in [-0.1, -0.05) is 26.0 Å². The van der Waals surface area contributed by atoms with Crippen molar-refractivity contribution >= 4 is 17.6 Å². The van der Waals surface area contributed by atoms with Gasteiger partial charge in [-0.3, -0.25) is 4.79 Å². The quantitative estimate of drug-likeness (QED) is 0.718. The van der Waals surface area contributed by atoms with Crippen molar-refractivity contribution in [1.29, 1.82) is 0 Å². The van der Waals surface area contributed by atoms with Crippen LogP contribution in [-0.2, 0) is 15.7 Å². The summed E-state index contributed by atoms with van der Waals surface area (Å²) in [5.74, 6) is -0.989. The molecule has 0 saturated carbocycles. The van der Waals surface area contributed by atoms with Gasteiger partial charge in [-0.25, -0.2) is 4.79 Å². The molecule has 27 heavy (non-hydrogen) atoms. The number of carbonyl (C=O) groups is 2. The minimum Gasteiger partial charge on any atom is -0.452 e. The molecule has 1 amide bonds. The largest absolute Gasteiger partial charge is 0.452 e. The zero-order valence-corrected chi connectivity index (χ0v) is 15.0. The molecule has 0 radical (unpaired) electrons. The summed E-state index contributed by atoms with van der Waals surface area (Å²) >= 11 is 0. The molecular weight excluding hydrogens is 359 g/mol. The summed E-state index contributed by atoms with van der Waals surface area (Å²) in [7, 11) is 0. The molecule has 0 saturated heterocycles. The van der Waals surface area contributed by atoms with Crippen LogP contribution in [0.4, 0.5) is 18.9 Å². The fraction of sp³-hybridized carbons (Fsp3) is 0.300. The highest BCUT2D eigenvalue weighted by Gasteiger charge is 2.30. The molecule has 0 aliphatic carbocycles. The highest BCUT2D eigenvalue weighted by atomic mass is 19.4. The third-order valence-corrected chi connectivity index (χ3v) is 4.16. The standard InChI is InChI=1S/C20H20F3NO3/c1-3-13(2)14-6-10-17(11-7-14)24-18(25)12-27-19(26)15-4-8-16(9-5-15)20(21,22)23/h4-11,13H,3,12H2,1-2H3,(H,24,25)/t13-/m0/s1. The molecule has 1 N–H and O–H groups in total. The van der Waals surface area contributed by atoms with E-state index in [0.717, 1.165) is 36.2 Å². The smallest absolute Gasteiger partial charge is 0.416 e. The van der Waals surface area contributed by atoms with Gasteiger partial charge in [-0.05, 0) is 54.3 Å². The van der Waals surface area contributed by atoms with Crippen LogP contribution < -0.4 is 5.32 Å². The second kappa shape index (κ2) is 8.70. The Labute approximate surface area is 155 Å². The Morgan fingerprint density at radius 3 is 2.15 bits per heavy atom. The predicted molar refractivity (Wildman–Crippen MR) is 95.5 cm³/mol. The maximum Gasteiger partial charge on any atom is 0.416 e. The van der Waals surface area contributed by atoms with Crippen molar-refractivity contribution in [2.45, 2.75) is 32.4 Å². The zero-order valence-electron chi connectivity index (χ0n) is 15.0. The van der Waals surface area contributed by atoms with E-state index in [4.69, 9.17) is 4.74 Å². The van der Waals surface area contributed by atoms with Crippen LogP contribution in [0, 0.1) is 0 Å². The van der Waals surface area contributed by atoms with E-state index in [2.05, 4.69) is 19.2 Å². The van der Waals surface area contributed by atoms with Crippen molar-refractivity contribution in [2.75, 3.05) is 11.9 Å². The summed E-state index contributed by atoms with van der Waals surface area (Å²) in [5.41, 5.74) is 0.799. The molecule has 0 unspecified atom stereocenters. The lowest BCUT2D eigenvalue weighted by molar-refractivity contribution is -0.137. The van der Waals surface area contributed by atoms with Gasteiger partial charge in [0.05, 0.1) is 11.1 Å². The lowest BCUT2D eigenvalue weighted by Gasteiger charge is -2.11. The van der Waals surface area contributed by atoms with Crippen LogP contribution in [0.3, 0.4) is 0 Å². The van der Waals surface area contributed by atoms with Gasteiger partial charge in [-0.2, -0.15) is 13.2 Å². The highest BCUT2D eigenvalue weighted by Crippen LogP contribution is 2.29. The number of hydrogen-bond acceptors (Lipinski definition) is 3. The Hall–Kier alpha value is -2.83. The number of alkyl halides is 3. The van der Waals surface area contributed by atoms with Crippen molar-refractivity contribution in [3.63, 3.8) is 0 Å². The first-order chi connectivity index (χ1) is 12.7. The van der Waals surface area contributed by atoms with Crippen LogP contribution in [0.2, 0.25) is 0 Å². The second-order valence-electron chi connectivity index (χ2n) is 6.13. The Morgan fingerprint density at radius 2 is 1.63 bits per heavy atom. The number of nitrogens with one attached hydrogen (secondary N) is 1. The van der Waals surface area contributed by atoms with Gasteiger partial charge in [0.2, 0.25) is 0 Å². The molecule has 2 rings (SSSR count). The van der Waals surface area contributed by atoms with Crippen molar-refractivity contribution < 1.29 is 27.5 Å². The molecule has 144 valence electrons. The van der Waals surface area contributed by atoms with E-state index in [0.29, 0.717) is 11.6 Å². The summed E-state index contributed by atoms with van der Waals surface area (Å²) < 4.78 is 42.3. The minimum atomic E-state index is -4.48. The third-order valence-electron chi connectivity index (χ3n) is 4.16. The lowest BCUT2D eigenvalue weighted by Crippen LogP contribution is -2.21. The highest BCUT2D eigenvalue weighted by molar-refractivity contribution is 5.95. The summed E-state index contributed by atoms with van der Waals surface area (Å²) in [5, 5.41) is 2.60. The van der Waals surface area contributed by atoms with E-state index in [1.165, 1.54) is 0 Å². The Balaban J connectivity index is 1.87. The number of hydrogen-bond donors (Lipinski definition) is 1. The van der Waals surface area contributed by atoms with Crippen molar-refractivity contribution in [1.82, 2.24) is 0 Å². The van der Waals surface area contributed by atoms with E-state index in [1.54, 1.807) is 12.1 Å². The van der Waals surface area contributed by atoms with Gasteiger partial charge in [0, 0.05) is 5.69 Å². The molecule has 0 aliphatic heterocycles. The van der Waals surface area contributed by atoms with Gasteiger partial charge >= 0.3 is 12.1 Å². The van der Waals surface area contributed by atoms with Crippen molar-refractivity contribution in [3.8, 4) is 0 Å². The fourth-order valence-corrected chi connectivity index (χ4v) is 2.34. The molecule has 2 aromatic carbocycles. The van der Waals surface area contributed by atoms with Crippen LogP contribution in [0.1, 0.15) is 47.7 Å². The van der Waals surface area contributed by atoms with E-state index < -0.39 is 30.2 Å². The topological polar surface area (TPSA) is 55.4 Å². The maximum atomic E-state index is 12.5. The van der Waals surface area contributed by atoms with Crippen LogP contribution in [0.15, 0.2) is 48.5 Å². The van der Waals surface area contributed by atoms with Gasteiger partial charge < -0.3 is 10.1 Å². The fourth-order valence-electron chi connectivity index (χ4n) is 2.34. The number of halogens is 3. The van der Waals surface area contributed by atoms with Gasteiger partial charge in [0.15, 0.2) is 6.61 Å². The number of benzene rings is 2. The van der Waals surface area contributed by atoms with E-state index in [-0.39, 0.29) is 5.56 Å². The number of anilines is 1. The zero-order chi connectivity index (χ0) is 20.0.